The van der Waals surface area contributed by atoms with Crippen molar-refractivity contribution in [1.82, 2.24) is 4.90 Å². The molecule has 0 aromatic rings. The molecule has 98 valence electrons. The summed E-state index contributed by atoms with van der Waals surface area (Å²) in [5, 5.41) is 0. The highest BCUT2D eigenvalue weighted by Crippen LogP contribution is 2.39. The van der Waals surface area contributed by atoms with Crippen molar-refractivity contribution in [2.75, 3.05) is 13.1 Å². The van der Waals surface area contributed by atoms with Gasteiger partial charge in [0.25, 0.3) is 0 Å². The van der Waals surface area contributed by atoms with Crippen molar-refractivity contribution in [2.24, 2.45) is 23.3 Å². The summed E-state index contributed by atoms with van der Waals surface area (Å²) >= 11 is 0. The number of nitrogens with zero attached hydrogens (tertiary/aromatic N) is 1. The van der Waals surface area contributed by atoms with Crippen molar-refractivity contribution in [3.63, 3.8) is 0 Å². The molecule has 4 nitrogen and oxygen atoms in total. The van der Waals surface area contributed by atoms with Gasteiger partial charge in [-0.3, -0.25) is 9.69 Å². The summed E-state index contributed by atoms with van der Waals surface area (Å²) < 4.78 is 0. The van der Waals surface area contributed by atoms with Gasteiger partial charge in [0.2, 0.25) is 5.91 Å². The van der Waals surface area contributed by atoms with E-state index >= 15 is 0 Å². The number of rotatable bonds is 5. The van der Waals surface area contributed by atoms with Gasteiger partial charge in [0, 0.05) is 12.6 Å². The van der Waals surface area contributed by atoms with Gasteiger partial charge in [-0.25, -0.2) is 0 Å². The van der Waals surface area contributed by atoms with Crippen LogP contribution < -0.4 is 11.5 Å². The highest BCUT2D eigenvalue weighted by molar-refractivity contribution is 5.85. The van der Waals surface area contributed by atoms with Gasteiger partial charge in [0.1, 0.15) is 5.54 Å². The maximum atomic E-state index is 11.6. The van der Waals surface area contributed by atoms with Gasteiger partial charge < -0.3 is 11.5 Å². The molecule has 1 amide bonds. The van der Waals surface area contributed by atoms with Crippen LogP contribution in [0.3, 0.4) is 0 Å². The first-order chi connectivity index (χ1) is 7.95. The van der Waals surface area contributed by atoms with Crippen molar-refractivity contribution >= 4 is 5.91 Å². The lowest BCUT2D eigenvalue weighted by atomic mass is 9.91. The summed E-state index contributed by atoms with van der Waals surface area (Å²) in [6, 6.07) is 0.566. The van der Waals surface area contributed by atoms with Gasteiger partial charge in [0.15, 0.2) is 0 Å². The molecular weight excluding hydrogens is 214 g/mol. The van der Waals surface area contributed by atoms with Crippen LogP contribution in [0.15, 0.2) is 0 Å². The molecule has 0 spiro atoms. The SMILES string of the molecule is CC(C)C1CCCN1CC(N)(C(N)=O)C1CC1. The molecule has 1 saturated heterocycles. The number of likely N-dealkylation sites (tertiary alicyclic amines) is 1. The van der Waals surface area contributed by atoms with Crippen LogP contribution in [0.25, 0.3) is 0 Å². The predicted molar refractivity (Wildman–Crippen MR) is 68.3 cm³/mol. The molecule has 2 aliphatic rings. The molecule has 2 rings (SSSR count). The van der Waals surface area contributed by atoms with Crippen LogP contribution in [0.2, 0.25) is 0 Å². The molecule has 2 unspecified atom stereocenters. The molecule has 1 saturated carbocycles. The Morgan fingerprint density at radius 3 is 2.53 bits per heavy atom. The molecule has 0 aromatic heterocycles. The zero-order valence-electron chi connectivity index (χ0n) is 11.0. The van der Waals surface area contributed by atoms with E-state index in [9.17, 15) is 4.79 Å². The third-order valence-electron chi connectivity index (χ3n) is 4.41. The molecule has 0 radical (unpaired) electrons. The average molecular weight is 239 g/mol. The number of primary amides is 1. The quantitative estimate of drug-likeness (QED) is 0.742. The second-order valence-electron chi connectivity index (χ2n) is 6.10. The number of carbonyl (C=O) groups is 1. The normalized spacial score (nSPS) is 29.5. The van der Waals surface area contributed by atoms with Crippen LogP contribution in [0, 0.1) is 11.8 Å². The first-order valence-electron chi connectivity index (χ1n) is 6.78. The van der Waals surface area contributed by atoms with Gasteiger partial charge in [-0.2, -0.15) is 0 Å². The molecule has 0 bridgehead atoms. The maximum absolute atomic E-state index is 11.6. The van der Waals surface area contributed by atoms with E-state index in [2.05, 4.69) is 18.7 Å². The van der Waals surface area contributed by atoms with E-state index in [4.69, 9.17) is 11.5 Å². The molecule has 4 heteroatoms. The Kier molecular flexibility index (Phi) is 3.46. The number of hydrogen-bond donors (Lipinski definition) is 2. The Hall–Kier alpha value is -0.610. The van der Waals surface area contributed by atoms with Crippen molar-refractivity contribution in [1.29, 1.82) is 0 Å². The number of carbonyl (C=O) groups excluding carboxylic acids is 1. The fraction of sp³-hybridized carbons (Fsp3) is 0.923. The molecule has 0 aromatic carbocycles. The second-order valence-corrected chi connectivity index (χ2v) is 6.10. The van der Waals surface area contributed by atoms with Gasteiger partial charge in [-0.15, -0.1) is 0 Å². The lowest BCUT2D eigenvalue weighted by Crippen LogP contribution is -2.61. The van der Waals surface area contributed by atoms with E-state index in [1.165, 1.54) is 12.8 Å². The molecule has 1 heterocycles. The molecule has 1 aliphatic heterocycles. The fourth-order valence-electron chi connectivity index (χ4n) is 3.15. The Labute approximate surface area is 104 Å². The van der Waals surface area contributed by atoms with Gasteiger partial charge in [-0.1, -0.05) is 13.8 Å². The van der Waals surface area contributed by atoms with E-state index in [0.29, 0.717) is 24.4 Å². The molecule has 4 N–H and O–H groups in total. The Balaban J connectivity index is 2.05. The van der Waals surface area contributed by atoms with E-state index in [1.807, 2.05) is 0 Å². The number of amides is 1. The van der Waals surface area contributed by atoms with E-state index < -0.39 is 5.54 Å². The van der Waals surface area contributed by atoms with Crippen LogP contribution in [0.1, 0.15) is 39.5 Å². The second kappa shape index (κ2) is 4.58. The monoisotopic (exact) mass is 239 g/mol. The number of hydrogen-bond acceptors (Lipinski definition) is 3. The van der Waals surface area contributed by atoms with Gasteiger partial charge >= 0.3 is 0 Å². The highest BCUT2D eigenvalue weighted by Gasteiger charge is 2.49. The van der Waals surface area contributed by atoms with Gasteiger partial charge in [-0.05, 0) is 44.1 Å². The molecule has 17 heavy (non-hydrogen) atoms. The molecule has 2 fully saturated rings. The first-order valence-corrected chi connectivity index (χ1v) is 6.78. The minimum absolute atomic E-state index is 0.313. The molecule has 2 atom stereocenters. The molecular formula is C13H25N3O. The van der Waals surface area contributed by atoms with E-state index in [-0.39, 0.29) is 5.91 Å². The lowest BCUT2D eigenvalue weighted by Gasteiger charge is -2.35. The predicted octanol–water partition coefficient (Wildman–Crippen LogP) is 0.700. The van der Waals surface area contributed by atoms with Crippen LogP contribution in [-0.4, -0.2) is 35.5 Å². The standard InChI is InChI=1S/C13H25N3O/c1-9(2)11-4-3-7-16(11)8-13(15,12(14)17)10-5-6-10/h9-11H,3-8,15H2,1-2H3,(H2,14,17). The van der Waals surface area contributed by atoms with Gasteiger partial charge in [0.05, 0.1) is 0 Å². The average Bonchev–Trinajstić information content (AvgIpc) is 2.99. The first kappa shape index (κ1) is 12.8. The van der Waals surface area contributed by atoms with Crippen LogP contribution >= 0.6 is 0 Å². The summed E-state index contributed by atoms with van der Waals surface area (Å²) in [7, 11) is 0. The van der Waals surface area contributed by atoms with E-state index in [1.54, 1.807) is 0 Å². The summed E-state index contributed by atoms with van der Waals surface area (Å²) in [5.41, 5.74) is 11.0. The highest BCUT2D eigenvalue weighted by atomic mass is 16.1. The topological polar surface area (TPSA) is 72.3 Å². The smallest absolute Gasteiger partial charge is 0.239 e. The Morgan fingerprint density at radius 2 is 2.06 bits per heavy atom. The summed E-state index contributed by atoms with van der Waals surface area (Å²) in [6.07, 6.45) is 4.54. The molecule has 1 aliphatic carbocycles. The van der Waals surface area contributed by atoms with E-state index in [0.717, 1.165) is 19.4 Å². The third kappa shape index (κ3) is 2.47. The Bertz CT molecular complexity index is 301. The third-order valence-corrected chi connectivity index (χ3v) is 4.41. The summed E-state index contributed by atoms with van der Waals surface area (Å²) in [4.78, 5) is 14.0. The van der Waals surface area contributed by atoms with Crippen molar-refractivity contribution in [2.45, 2.75) is 51.1 Å². The number of nitrogens with two attached hydrogens (primary N) is 2. The van der Waals surface area contributed by atoms with Crippen molar-refractivity contribution in [3.05, 3.63) is 0 Å². The minimum Gasteiger partial charge on any atom is -0.368 e. The summed E-state index contributed by atoms with van der Waals surface area (Å²) in [5.74, 6) is 0.608. The van der Waals surface area contributed by atoms with Crippen molar-refractivity contribution in [3.8, 4) is 0 Å². The lowest BCUT2D eigenvalue weighted by molar-refractivity contribution is -0.124. The van der Waals surface area contributed by atoms with Crippen LogP contribution in [0.5, 0.6) is 0 Å². The Morgan fingerprint density at radius 1 is 1.41 bits per heavy atom. The zero-order chi connectivity index (χ0) is 12.6. The maximum Gasteiger partial charge on any atom is 0.239 e. The van der Waals surface area contributed by atoms with Crippen LogP contribution in [-0.2, 0) is 4.79 Å². The largest absolute Gasteiger partial charge is 0.368 e. The summed E-state index contributed by atoms with van der Waals surface area (Å²) in [6.45, 7) is 6.18. The van der Waals surface area contributed by atoms with Crippen LogP contribution in [0.4, 0.5) is 0 Å². The zero-order valence-corrected chi connectivity index (χ0v) is 11.0. The fourth-order valence-corrected chi connectivity index (χ4v) is 3.15. The minimum atomic E-state index is -0.794. The van der Waals surface area contributed by atoms with Crippen molar-refractivity contribution < 1.29 is 4.79 Å².